The van der Waals surface area contributed by atoms with Crippen LogP contribution in [0.25, 0.3) is 0 Å². The number of furan rings is 1. The van der Waals surface area contributed by atoms with Crippen molar-refractivity contribution in [2.24, 2.45) is 0 Å². The third-order valence-electron chi connectivity index (χ3n) is 2.74. The van der Waals surface area contributed by atoms with Gasteiger partial charge in [0.15, 0.2) is 0 Å². The molecule has 1 unspecified atom stereocenters. The molecule has 1 fully saturated rings. The van der Waals surface area contributed by atoms with Gasteiger partial charge < -0.3 is 9.32 Å². The maximum absolute atomic E-state index is 11.5. The Labute approximate surface area is 93.8 Å². The summed E-state index contributed by atoms with van der Waals surface area (Å²) in [5.41, 5.74) is 1.15. The van der Waals surface area contributed by atoms with E-state index in [0.29, 0.717) is 5.75 Å². The van der Waals surface area contributed by atoms with Crippen LogP contribution in [0.2, 0.25) is 0 Å². The average Bonchev–Trinajstić information content (AvgIpc) is 2.71. The molecule has 0 N–H and O–H groups in total. The molecule has 0 spiro atoms. The van der Waals surface area contributed by atoms with Crippen LogP contribution in [0, 0.1) is 13.8 Å². The molecule has 0 radical (unpaired) electrons. The van der Waals surface area contributed by atoms with Crippen LogP contribution in [-0.4, -0.2) is 23.1 Å². The second kappa shape index (κ2) is 3.93. The summed E-state index contributed by atoms with van der Waals surface area (Å²) in [6, 6.07) is 2.04. The van der Waals surface area contributed by atoms with Crippen molar-refractivity contribution in [2.75, 3.05) is 12.3 Å². The summed E-state index contributed by atoms with van der Waals surface area (Å²) in [5, 5.41) is 0.0786. The molecule has 0 bridgehead atoms. The van der Waals surface area contributed by atoms with Crippen molar-refractivity contribution in [2.45, 2.75) is 26.1 Å². The van der Waals surface area contributed by atoms with E-state index < -0.39 is 0 Å². The van der Waals surface area contributed by atoms with Gasteiger partial charge in [-0.3, -0.25) is 4.79 Å². The minimum atomic E-state index is 0.0786. The first-order valence-electron chi connectivity index (χ1n) is 5.11. The fourth-order valence-electron chi connectivity index (χ4n) is 1.76. The number of hydrogen-bond donors (Lipinski definition) is 0. The maximum atomic E-state index is 11.5. The first-order valence-corrected chi connectivity index (χ1v) is 6.16. The lowest BCUT2D eigenvalue weighted by molar-refractivity contribution is -0.128. The van der Waals surface area contributed by atoms with Crippen molar-refractivity contribution < 1.29 is 9.21 Å². The monoisotopic (exact) mass is 225 g/mol. The second-order valence-electron chi connectivity index (χ2n) is 3.73. The molecule has 1 aromatic rings. The Balaban J connectivity index is 2.27. The van der Waals surface area contributed by atoms with Crippen LogP contribution in [0.15, 0.2) is 10.5 Å². The van der Waals surface area contributed by atoms with E-state index in [0.717, 1.165) is 23.6 Å². The summed E-state index contributed by atoms with van der Waals surface area (Å²) in [5.74, 6) is 2.63. The SMILES string of the molecule is CCN1C(=O)CSC1c1cc(C)c(C)o1. The third-order valence-corrected chi connectivity index (χ3v) is 3.95. The number of amides is 1. The largest absolute Gasteiger partial charge is 0.463 e. The molecule has 2 rings (SSSR count). The van der Waals surface area contributed by atoms with E-state index in [9.17, 15) is 4.79 Å². The van der Waals surface area contributed by atoms with E-state index >= 15 is 0 Å². The van der Waals surface area contributed by atoms with Crippen LogP contribution >= 0.6 is 11.8 Å². The lowest BCUT2D eigenvalue weighted by Crippen LogP contribution is -2.27. The molecule has 1 aliphatic heterocycles. The van der Waals surface area contributed by atoms with Gasteiger partial charge in [0.1, 0.15) is 16.9 Å². The van der Waals surface area contributed by atoms with E-state index in [1.807, 2.05) is 31.7 Å². The summed E-state index contributed by atoms with van der Waals surface area (Å²) >= 11 is 1.64. The maximum Gasteiger partial charge on any atom is 0.233 e. The highest BCUT2D eigenvalue weighted by Crippen LogP contribution is 2.39. The summed E-state index contributed by atoms with van der Waals surface area (Å²) in [4.78, 5) is 13.4. The zero-order valence-electron chi connectivity index (χ0n) is 9.24. The zero-order chi connectivity index (χ0) is 11.0. The molecule has 4 heteroatoms. The molecular formula is C11H15NO2S. The van der Waals surface area contributed by atoms with E-state index in [2.05, 4.69) is 0 Å². The van der Waals surface area contributed by atoms with Gasteiger partial charge in [0.05, 0.1) is 5.75 Å². The van der Waals surface area contributed by atoms with Gasteiger partial charge >= 0.3 is 0 Å². The zero-order valence-corrected chi connectivity index (χ0v) is 10.1. The van der Waals surface area contributed by atoms with Crippen molar-refractivity contribution in [1.82, 2.24) is 4.90 Å². The highest BCUT2D eigenvalue weighted by atomic mass is 32.2. The smallest absolute Gasteiger partial charge is 0.233 e. The normalized spacial score (nSPS) is 21.4. The summed E-state index contributed by atoms with van der Waals surface area (Å²) in [7, 11) is 0. The van der Waals surface area contributed by atoms with Crippen LogP contribution in [0.4, 0.5) is 0 Å². The van der Waals surface area contributed by atoms with Crippen LogP contribution in [-0.2, 0) is 4.79 Å². The van der Waals surface area contributed by atoms with Crippen LogP contribution in [0.3, 0.4) is 0 Å². The molecule has 0 aliphatic carbocycles. The summed E-state index contributed by atoms with van der Waals surface area (Å²) < 4.78 is 5.66. The summed E-state index contributed by atoms with van der Waals surface area (Å²) in [6.45, 7) is 6.73. The molecule has 2 heterocycles. The van der Waals surface area contributed by atoms with Crippen LogP contribution in [0.1, 0.15) is 29.4 Å². The quantitative estimate of drug-likeness (QED) is 0.775. The highest BCUT2D eigenvalue weighted by Gasteiger charge is 2.33. The van der Waals surface area contributed by atoms with Gasteiger partial charge in [-0.15, -0.1) is 11.8 Å². The third kappa shape index (κ3) is 1.78. The van der Waals surface area contributed by atoms with Crippen LogP contribution < -0.4 is 0 Å². The molecule has 1 aromatic heterocycles. The van der Waals surface area contributed by atoms with Gasteiger partial charge in [0.2, 0.25) is 5.91 Å². The van der Waals surface area contributed by atoms with E-state index in [1.165, 1.54) is 0 Å². The average molecular weight is 225 g/mol. The van der Waals surface area contributed by atoms with Gasteiger partial charge in [-0.1, -0.05) is 0 Å². The molecule has 1 atom stereocenters. The molecule has 15 heavy (non-hydrogen) atoms. The van der Waals surface area contributed by atoms with Crippen molar-refractivity contribution in [3.8, 4) is 0 Å². The summed E-state index contributed by atoms with van der Waals surface area (Å²) in [6.07, 6.45) is 0. The Morgan fingerprint density at radius 3 is 2.87 bits per heavy atom. The van der Waals surface area contributed by atoms with Gasteiger partial charge in [0, 0.05) is 6.54 Å². The molecule has 0 saturated carbocycles. The predicted octanol–water partition coefficient (Wildman–Crippen LogP) is 2.49. The Hall–Kier alpha value is -0.900. The lowest BCUT2D eigenvalue weighted by Gasteiger charge is -2.19. The predicted molar refractivity (Wildman–Crippen MR) is 60.8 cm³/mol. The molecule has 82 valence electrons. The Kier molecular flexibility index (Phi) is 2.78. The topological polar surface area (TPSA) is 33.5 Å². The Bertz CT molecular complexity index is 366. The molecular weight excluding hydrogens is 210 g/mol. The van der Waals surface area contributed by atoms with Gasteiger partial charge in [-0.2, -0.15) is 0 Å². The molecule has 0 aromatic carbocycles. The number of thioether (sulfide) groups is 1. The fourth-order valence-corrected chi connectivity index (χ4v) is 2.95. The van der Waals surface area contributed by atoms with Crippen molar-refractivity contribution in [3.63, 3.8) is 0 Å². The lowest BCUT2D eigenvalue weighted by atomic mass is 10.3. The number of carbonyl (C=O) groups is 1. The first kappa shape index (κ1) is 10.6. The fraction of sp³-hybridized carbons (Fsp3) is 0.545. The highest BCUT2D eigenvalue weighted by molar-refractivity contribution is 8.00. The number of rotatable bonds is 2. The molecule has 3 nitrogen and oxygen atoms in total. The van der Waals surface area contributed by atoms with E-state index in [4.69, 9.17) is 4.42 Å². The second-order valence-corrected chi connectivity index (χ2v) is 4.80. The molecule has 1 saturated heterocycles. The van der Waals surface area contributed by atoms with Gasteiger partial charge in [-0.05, 0) is 32.4 Å². The number of carbonyl (C=O) groups excluding carboxylic acids is 1. The van der Waals surface area contributed by atoms with Crippen molar-refractivity contribution in [3.05, 3.63) is 23.2 Å². The molecule has 1 amide bonds. The number of nitrogens with zero attached hydrogens (tertiary/aromatic N) is 1. The van der Waals surface area contributed by atoms with Crippen LogP contribution in [0.5, 0.6) is 0 Å². The first-order chi connectivity index (χ1) is 7.13. The minimum Gasteiger partial charge on any atom is -0.463 e. The minimum absolute atomic E-state index is 0.0786. The number of hydrogen-bond acceptors (Lipinski definition) is 3. The number of aryl methyl sites for hydroxylation is 2. The van der Waals surface area contributed by atoms with Gasteiger partial charge in [0.25, 0.3) is 0 Å². The Morgan fingerprint density at radius 2 is 2.33 bits per heavy atom. The Morgan fingerprint density at radius 1 is 1.60 bits per heavy atom. The van der Waals surface area contributed by atoms with E-state index in [-0.39, 0.29) is 11.3 Å². The van der Waals surface area contributed by atoms with Crippen molar-refractivity contribution >= 4 is 17.7 Å². The molecule has 1 aliphatic rings. The van der Waals surface area contributed by atoms with E-state index in [1.54, 1.807) is 11.8 Å². The van der Waals surface area contributed by atoms with Crippen molar-refractivity contribution in [1.29, 1.82) is 0 Å². The standard InChI is InChI=1S/C11H15NO2S/c1-4-12-10(13)6-15-11(12)9-5-7(2)8(3)14-9/h5,11H,4,6H2,1-3H3. The van der Waals surface area contributed by atoms with Gasteiger partial charge in [-0.25, -0.2) is 0 Å².